The average Bonchev–Trinajstić information content (AvgIpc) is 2.91. The van der Waals surface area contributed by atoms with Crippen molar-refractivity contribution in [1.29, 1.82) is 0 Å². The van der Waals surface area contributed by atoms with E-state index in [2.05, 4.69) is 13.8 Å². The zero-order chi connectivity index (χ0) is 19.1. The van der Waals surface area contributed by atoms with Gasteiger partial charge in [0.2, 0.25) is 0 Å². The molecule has 26 heavy (non-hydrogen) atoms. The molecule has 4 rings (SSSR count). The van der Waals surface area contributed by atoms with E-state index in [1.165, 1.54) is 39.0 Å². The number of carbonyl (C=O) groups is 1. The molecule has 0 radical (unpaired) electrons. The smallest absolute Gasteiger partial charge is 0.133 e. The van der Waals surface area contributed by atoms with Gasteiger partial charge in [-0.1, -0.05) is 13.8 Å². The van der Waals surface area contributed by atoms with Crippen LogP contribution in [0.15, 0.2) is 0 Å². The lowest BCUT2D eigenvalue weighted by molar-refractivity contribution is -0.141. The summed E-state index contributed by atoms with van der Waals surface area (Å²) in [5, 5.41) is 26.5. The zero-order valence-electron chi connectivity index (χ0n) is 16.8. The van der Waals surface area contributed by atoms with Gasteiger partial charge in [0.05, 0.1) is 18.8 Å². The Labute approximate surface area is 158 Å². The summed E-state index contributed by atoms with van der Waals surface area (Å²) in [7, 11) is 0. The minimum Gasteiger partial charge on any atom is -0.394 e. The predicted molar refractivity (Wildman–Crippen MR) is 102 cm³/mol. The van der Waals surface area contributed by atoms with Gasteiger partial charge in [-0.15, -0.1) is 0 Å². The number of carbonyl (C=O) groups excluding carboxylic acids is 1. The highest BCUT2D eigenvalue weighted by molar-refractivity contribution is 5.79. The molecule has 4 heteroatoms. The first kappa shape index (κ1) is 20.3. The summed E-state index contributed by atoms with van der Waals surface area (Å²) in [5.41, 5.74) is 0.598. The van der Waals surface area contributed by atoms with Crippen LogP contribution in [0.2, 0.25) is 0 Å². The standard InChI is InChI=1S/C19H30O2.C3H8O2/c1-18-9-7-13(20)11-12(18)3-4-14-15-5-6-17(21)19(15,2)10-8-16(14)18;1-3(5)2-4/h12,14-17,21H,3-11H2,1-2H3;3-5H,2H2,1H3/t12-,14-,15-,16-,17-,18-,19-;/m0./s1. The highest BCUT2D eigenvalue weighted by Crippen LogP contribution is 2.65. The van der Waals surface area contributed by atoms with E-state index in [0.717, 1.165) is 43.4 Å². The minimum atomic E-state index is -0.560. The number of hydrogen-bond acceptors (Lipinski definition) is 4. The van der Waals surface area contributed by atoms with Gasteiger partial charge in [-0.05, 0) is 86.4 Å². The lowest BCUT2D eigenvalue weighted by Gasteiger charge is -2.60. The molecule has 0 saturated heterocycles. The Hall–Kier alpha value is -0.450. The second-order valence-electron chi connectivity index (χ2n) is 10.1. The van der Waals surface area contributed by atoms with Crippen molar-refractivity contribution in [2.24, 2.45) is 34.5 Å². The highest BCUT2D eigenvalue weighted by atomic mass is 16.3. The molecule has 0 aliphatic heterocycles. The van der Waals surface area contributed by atoms with E-state index in [0.29, 0.717) is 17.1 Å². The maximum absolute atomic E-state index is 11.9. The second-order valence-corrected chi connectivity index (χ2v) is 10.1. The quantitative estimate of drug-likeness (QED) is 0.665. The monoisotopic (exact) mass is 366 g/mol. The number of ketones is 1. The summed E-state index contributed by atoms with van der Waals surface area (Å²) >= 11 is 0. The summed E-state index contributed by atoms with van der Waals surface area (Å²) in [6, 6.07) is 0. The van der Waals surface area contributed by atoms with Crippen LogP contribution in [0.1, 0.15) is 78.6 Å². The summed E-state index contributed by atoms with van der Waals surface area (Å²) in [6.45, 7) is 6.24. The van der Waals surface area contributed by atoms with Gasteiger partial charge in [-0.2, -0.15) is 0 Å². The average molecular weight is 367 g/mol. The number of Topliss-reactive ketones (excluding diaryl/α,β-unsaturated/α-hetero) is 1. The van der Waals surface area contributed by atoms with Gasteiger partial charge < -0.3 is 15.3 Å². The molecule has 0 aromatic heterocycles. The van der Waals surface area contributed by atoms with Crippen molar-refractivity contribution in [2.75, 3.05) is 6.61 Å². The second kappa shape index (κ2) is 7.52. The number of rotatable bonds is 1. The lowest BCUT2D eigenvalue weighted by Crippen LogP contribution is -2.54. The van der Waals surface area contributed by atoms with E-state index < -0.39 is 6.10 Å². The van der Waals surface area contributed by atoms with Gasteiger partial charge in [-0.25, -0.2) is 0 Å². The van der Waals surface area contributed by atoms with Crippen molar-refractivity contribution in [3.8, 4) is 0 Å². The fourth-order valence-corrected chi connectivity index (χ4v) is 7.02. The molecule has 0 spiro atoms. The van der Waals surface area contributed by atoms with Crippen LogP contribution in [0.5, 0.6) is 0 Å². The van der Waals surface area contributed by atoms with Gasteiger partial charge in [0.15, 0.2) is 0 Å². The molecule has 4 aliphatic carbocycles. The van der Waals surface area contributed by atoms with E-state index >= 15 is 0 Å². The summed E-state index contributed by atoms with van der Waals surface area (Å²) in [4.78, 5) is 11.9. The van der Waals surface area contributed by atoms with Crippen LogP contribution in [0.3, 0.4) is 0 Å². The molecule has 4 fully saturated rings. The van der Waals surface area contributed by atoms with Crippen LogP contribution in [-0.2, 0) is 4.79 Å². The molecule has 4 saturated carbocycles. The largest absolute Gasteiger partial charge is 0.394 e. The Morgan fingerprint density at radius 2 is 1.69 bits per heavy atom. The van der Waals surface area contributed by atoms with Crippen molar-refractivity contribution in [1.82, 2.24) is 0 Å². The Kier molecular flexibility index (Phi) is 5.87. The first-order valence-electron chi connectivity index (χ1n) is 10.7. The highest BCUT2D eigenvalue weighted by Gasteiger charge is 2.59. The Morgan fingerprint density at radius 1 is 1.04 bits per heavy atom. The van der Waals surface area contributed by atoms with Crippen molar-refractivity contribution < 1.29 is 20.1 Å². The van der Waals surface area contributed by atoms with E-state index in [9.17, 15) is 9.90 Å². The molecule has 4 nitrogen and oxygen atoms in total. The molecular formula is C22H38O4. The molecule has 0 aromatic rings. The van der Waals surface area contributed by atoms with E-state index in [1.54, 1.807) is 0 Å². The van der Waals surface area contributed by atoms with Gasteiger partial charge >= 0.3 is 0 Å². The van der Waals surface area contributed by atoms with Crippen LogP contribution < -0.4 is 0 Å². The molecule has 0 aromatic carbocycles. The van der Waals surface area contributed by atoms with Crippen molar-refractivity contribution >= 4 is 5.78 Å². The molecule has 1 unspecified atom stereocenters. The van der Waals surface area contributed by atoms with E-state index in [4.69, 9.17) is 10.2 Å². The molecule has 150 valence electrons. The molecule has 3 N–H and O–H groups in total. The van der Waals surface area contributed by atoms with Gasteiger partial charge in [-0.3, -0.25) is 4.79 Å². The van der Waals surface area contributed by atoms with Gasteiger partial charge in [0, 0.05) is 12.8 Å². The third kappa shape index (κ3) is 3.38. The van der Waals surface area contributed by atoms with Gasteiger partial charge in [0.1, 0.15) is 5.78 Å². The SMILES string of the molecule is CC(O)CO.C[C@]12CCC(=O)C[C@@H]1CC[C@@H]1[C@@H]2CC[C@]2(C)[C@@H](O)CC[C@@H]12. The van der Waals surface area contributed by atoms with Crippen LogP contribution in [0, 0.1) is 34.5 Å². The van der Waals surface area contributed by atoms with Gasteiger partial charge in [0.25, 0.3) is 0 Å². The Bertz CT molecular complexity index is 518. The van der Waals surface area contributed by atoms with Crippen LogP contribution in [-0.4, -0.2) is 39.9 Å². The summed E-state index contributed by atoms with van der Waals surface area (Å²) in [5.74, 6) is 3.52. The molecular weight excluding hydrogens is 328 g/mol. The molecule has 8 atom stereocenters. The summed E-state index contributed by atoms with van der Waals surface area (Å²) < 4.78 is 0. The number of fused-ring (bicyclic) bond motifs is 5. The molecule has 0 bridgehead atoms. The molecule has 0 amide bonds. The number of aliphatic hydroxyl groups is 3. The zero-order valence-corrected chi connectivity index (χ0v) is 16.8. The number of aliphatic hydroxyl groups excluding tert-OH is 3. The maximum Gasteiger partial charge on any atom is 0.133 e. The first-order chi connectivity index (χ1) is 12.2. The predicted octanol–water partition coefficient (Wildman–Crippen LogP) is 3.32. The Balaban J connectivity index is 0.000000349. The first-order valence-corrected chi connectivity index (χ1v) is 10.7. The topological polar surface area (TPSA) is 77.8 Å². The maximum atomic E-state index is 11.9. The van der Waals surface area contributed by atoms with Crippen LogP contribution in [0.25, 0.3) is 0 Å². The number of hydrogen-bond donors (Lipinski definition) is 3. The van der Waals surface area contributed by atoms with E-state index in [1.807, 2.05) is 0 Å². The van der Waals surface area contributed by atoms with Crippen molar-refractivity contribution in [3.63, 3.8) is 0 Å². The van der Waals surface area contributed by atoms with Crippen LogP contribution in [0.4, 0.5) is 0 Å². The fourth-order valence-electron chi connectivity index (χ4n) is 7.02. The summed E-state index contributed by atoms with van der Waals surface area (Å²) in [6.07, 6.45) is 9.48. The normalized spacial score (nSPS) is 48.5. The Morgan fingerprint density at radius 3 is 2.35 bits per heavy atom. The molecule has 4 aliphatic rings. The minimum absolute atomic E-state index is 0.0677. The van der Waals surface area contributed by atoms with Crippen molar-refractivity contribution in [3.05, 3.63) is 0 Å². The molecule has 0 heterocycles. The van der Waals surface area contributed by atoms with Crippen LogP contribution >= 0.6 is 0 Å². The van der Waals surface area contributed by atoms with Crippen molar-refractivity contribution in [2.45, 2.75) is 90.8 Å². The lowest BCUT2D eigenvalue weighted by atomic mass is 9.45. The third-order valence-corrected chi connectivity index (χ3v) is 8.70. The fraction of sp³-hybridized carbons (Fsp3) is 0.955. The van der Waals surface area contributed by atoms with E-state index in [-0.39, 0.29) is 18.1 Å². The third-order valence-electron chi connectivity index (χ3n) is 8.70.